The lowest BCUT2D eigenvalue weighted by molar-refractivity contribution is 0.0719. The smallest absolute Gasteiger partial charge is 0.261 e. The van der Waals surface area contributed by atoms with Gasteiger partial charge < -0.3 is 10.0 Å². The molecule has 2 N–H and O–H groups in total. The number of nitrogens with zero attached hydrogens (tertiary/aromatic N) is 1. The van der Waals surface area contributed by atoms with Crippen LogP contribution < -0.4 is 4.72 Å². The Hall–Kier alpha value is -1.80. The number of unbranched alkanes of at least 4 members (excludes halogenated alkanes) is 1. The second-order valence-electron chi connectivity index (χ2n) is 6.13. The molecule has 0 atom stereocenters. The third-order valence-corrected chi connectivity index (χ3v) is 6.12. The summed E-state index contributed by atoms with van der Waals surface area (Å²) in [5.41, 5.74) is 0.579. The van der Waals surface area contributed by atoms with Crippen LogP contribution in [0.25, 0.3) is 0 Å². The quantitative estimate of drug-likeness (QED) is 0.610. The van der Waals surface area contributed by atoms with Crippen molar-refractivity contribution in [3.63, 3.8) is 0 Å². The molecule has 0 aromatic heterocycles. The minimum atomic E-state index is -3.90. The molecule has 2 rings (SSSR count). The molecule has 0 aliphatic carbocycles. The van der Waals surface area contributed by atoms with Crippen molar-refractivity contribution in [3.05, 3.63) is 58.1 Å². The van der Waals surface area contributed by atoms with Gasteiger partial charge in [-0.1, -0.05) is 42.6 Å². The standard InChI is InChI=1S/C19H22Cl2N2O4S/c1-2-3-9-23(10-11-24)19(25)14-5-4-6-15(12-14)22-28(26,27)16-7-8-17(20)18(21)13-16/h4-8,12-13,22,24H,2-3,9-11H2,1H3. The maximum atomic E-state index is 12.7. The number of halogens is 2. The highest BCUT2D eigenvalue weighted by Gasteiger charge is 2.18. The van der Waals surface area contributed by atoms with Crippen molar-refractivity contribution in [1.29, 1.82) is 0 Å². The van der Waals surface area contributed by atoms with Gasteiger partial charge in [0, 0.05) is 24.3 Å². The first-order valence-electron chi connectivity index (χ1n) is 8.76. The second kappa shape index (κ2) is 10.1. The third-order valence-electron chi connectivity index (χ3n) is 4.00. The summed E-state index contributed by atoms with van der Waals surface area (Å²) in [6.07, 6.45) is 1.73. The van der Waals surface area contributed by atoms with Gasteiger partial charge in [-0.15, -0.1) is 0 Å². The largest absolute Gasteiger partial charge is 0.395 e. The van der Waals surface area contributed by atoms with Gasteiger partial charge in [0.1, 0.15) is 0 Å². The van der Waals surface area contributed by atoms with E-state index in [-0.39, 0.29) is 39.7 Å². The van der Waals surface area contributed by atoms with Crippen LogP contribution >= 0.6 is 23.2 Å². The summed E-state index contributed by atoms with van der Waals surface area (Å²) in [6, 6.07) is 10.2. The molecule has 0 unspecified atom stereocenters. The van der Waals surface area contributed by atoms with E-state index in [9.17, 15) is 18.3 Å². The number of carbonyl (C=O) groups excluding carboxylic acids is 1. The van der Waals surface area contributed by atoms with E-state index in [0.29, 0.717) is 12.1 Å². The van der Waals surface area contributed by atoms with E-state index in [4.69, 9.17) is 23.2 Å². The summed E-state index contributed by atoms with van der Waals surface area (Å²) in [5.74, 6) is -0.266. The molecular weight excluding hydrogens is 423 g/mol. The van der Waals surface area contributed by atoms with Crippen LogP contribution in [0.15, 0.2) is 47.4 Å². The van der Waals surface area contributed by atoms with Crippen LogP contribution in [0.4, 0.5) is 5.69 Å². The van der Waals surface area contributed by atoms with Gasteiger partial charge in [0.25, 0.3) is 15.9 Å². The molecule has 0 aliphatic rings. The molecular formula is C19H22Cl2N2O4S. The Morgan fingerprint density at radius 3 is 2.50 bits per heavy atom. The summed E-state index contributed by atoms with van der Waals surface area (Å²) in [5, 5.41) is 9.58. The Morgan fingerprint density at radius 2 is 1.86 bits per heavy atom. The van der Waals surface area contributed by atoms with Gasteiger partial charge in [0.2, 0.25) is 0 Å². The van der Waals surface area contributed by atoms with Gasteiger partial charge in [-0.2, -0.15) is 0 Å². The summed E-state index contributed by atoms with van der Waals surface area (Å²) >= 11 is 11.7. The molecule has 2 aromatic rings. The highest BCUT2D eigenvalue weighted by atomic mass is 35.5. The van der Waals surface area contributed by atoms with E-state index in [0.717, 1.165) is 12.8 Å². The number of benzene rings is 2. The topological polar surface area (TPSA) is 86.7 Å². The summed E-state index contributed by atoms with van der Waals surface area (Å²) in [7, 11) is -3.90. The predicted octanol–water partition coefficient (Wildman–Crippen LogP) is 4.03. The molecule has 0 bridgehead atoms. The number of rotatable bonds is 9. The monoisotopic (exact) mass is 444 g/mol. The van der Waals surface area contributed by atoms with E-state index in [1.54, 1.807) is 23.1 Å². The molecule has 2 aromatic carbocycles. The molecule has 0 saturated carbocycles. The summed E-state index contributed by atoms with van der Waals surface area (Å²) < 4.78 is 27.6. The molecule has 0 saturated heterocycles. The van der Waals surface area contributed by atoms with E-state index < -0.39 is 10.0 Å². The predicted molar refractivity (Wildman–Crippen MR) is 112 cm³/mol. The van der Waals surface area contributed by atoms with Gasteiger partial charge in [-0.25, -0.2) is 8.42 Å². The van der Waals surface area contributed by atoms with E-state index >= 15 is 0 Å². The highest BCUT2D eigenvalue weighted by molar-refractivity contribution is 7.92. The van der Waals surface area contributed by atoms with Crippen molar-refractivity contribution in [3.8, 4) is 0 Å². The summed E-state index contributed by atoms with van der Waals surface area (Å²) in [4.78, 5) is 14.2. The van der Waals surface area contributed by atoms with Gasteiger partial charge in [0.15, 0.2) is 0 Å². The van der Waals surface area contributed by atoms with Gasteiger partial charge in [0.05, 0.1) is 21.5 Å². The van der Waals surface area contributed by atoms with Crippen molar-refractivity contribution in [2.24, 2.45) is 0 Å². The second-order valence-corrected chi connectivity index (χ2v) is 8.63. The molecule has 0 fully saturated rings. The molecule has 9 heteroatoms. The molecule has 152 valence electrons. The fraction of sp³-hybridized carbons (Fsp3) is 0.316. The van der Waals surface area contributed by atoms with Crippen LogP contribution in [0.5, 0.6) is 0 Å². The molecule has 0 aliphatic heterocycles. The number of anilines is 1. The number of aliphatic hydroxyl groups excluding tert-OH is 1. The van der Waals surface area contributed by atoms with Crippen LogP contribution in [0.2, 0.25) is 10.0 Å². The third kappa shape index (κ3) is 5.85. The highest BCUT2D eigenvalue weighted by Crippen LogP contribution is 2.26. The number of amides is 1. The average Bonchev–Trinajstić information content (AvgIpc) is 2.66. The molecule has 0 spiro atoms. The first-order chi connectivity index (χ1) is 13.3. The average molecular weight is 445 g/mol. The first kappa shape index (κ1) is 22.5. The minimum Gasteiger partial charge on any atom is -0.395 e. The van der Waals surface area contributed by atoms with E-state index in [2.05, 4.69) is 4.72 Å². The Balaban J connectivity index is 2.24. The number of aliphatic hydroxyl groups is 1. The lowest BCUT2D eigenvalue weighted by Crippen LogP contribution is -2.34. The minimum absolute atomic E-state index is 0.0384. The van der Waals surface area contributed by atoms with E-state index in [1.165, 1.54) is 24.3 Å². The lowest BCUT2D eigenvalue weighted by atomic mass is 10.1. The van der Waals surface area contributed by atoms with Crippen molar-refractivity contribution >= 4 is 44.8 Å². The lowest BCUT2D eigenvalue weighted by Gasteiger charge is -2.22. The van der Waals surface area contributed by atoms with Crippen LogP contribution in [-0.2, 0) is 10.0 Å². The molecule has 6 nitrogen and oxygen atoms in total. The SMILES string of the molecule is CCCCN(CCO)C(=O)c1cccc(NS(=O)(=O)c2ccc(Cl)c(Cl)c2)c1. The zero-order valence-corrected chi connectivity index (χ0v) is 17.7. The van der Waals surface area contributed by atoms with Crippen molar-refractivity contribution in [2.45, 2.75) is 24.7 Å². The Morgan fingerprint density at radius 1 is 1.11 bits per heavy atom. The fourth-order valence-corrected chi connectivity index (χ4v) is 3.98. The number of hydrogen-bond donors (Lipinski definition) is 2. The normalized spacial score (nSPS) is 11.3. The maximum Gasteiger partial charge on any atom is 0.261 e. The maximum absolute atomic E-state index is 12.7. The van der Waals surface area contributed by atoms with Crippen LogP contribution in [-0.4, -0.2) is 44.0 Å². The Kier molecular flexibility index (Phi) is 8.12. The fourth-order valence-electron chi connectivity index (χ4n) is 2.54. The number of sulfonamides is 1. The Bertz CT molecular complexity index is 935. The van der Waals surface area contributed by atoms with Crippen molar-refractivity contribution in [2.75, 3.05) is 24.4 Å². The van der Waals surface area contributed by atoms with Crippen molar-refractivity contribution in [1.82, 2.24) is 4.90 Å². The zero-order chi connectivity index (χ0) is 20.7. The van der Waals surface area contributed by atoms with E-state index in [1.807, 2.05) is 6.92 Å². The summed E-state index contributed by atoms with van der Waals surface area (Å²) in [6.45, 7) is 2.62. The number of hydrogen-bond acceptors (Lipinski definition) is 4. The van der Waals surface area contributed by atoms with Crippen molar-refractivity contribution < 1.29 is 18.3 Å². The van der Waals surface area contributed by atoms with Gasteiger partial charge in [-0.3, -0.25) is 9.52 Å². The number of nitrogens with one attached hydrogen (secondary N) is 1. The molecule has 0 heterocycles. The van der Waals surface area contributed by atoms with Gasteiger partial charge >= 0.3 is 0 Å². The van der Waals surface area contributed by atoms with Crippen LogP contribution in [0.3, 0.4) is 0 Å². The zero-order valence-electron chi connectivity index (χ0n) is 15.4. The van der Waals surface area contributed by atoms with Gasteiger partial charge in [-0.05, 0) is 42.8 Å². The first-order valence-corrected chi connectivity index (χ1v) is 11.0. The molecule has 28 heavy (non-hydrogen) atoms. The molecule has 0 radical (unpaired) electrons. The Labute approximate surface area is 175 Å². The molecule has 1 amide bonds. The number of carbonyl (C=O) groups is 1. The van der Waals surface area contributed by atoms with Crippen LogP contribution in [0, 0.1) is 0 Å². The van der Waals surface area contributed by atoms with Crippen LogP contribution in [0.1, 0.15) is 30.1 Å².